The lowest BCUT2D eigenvalue weighted by molar-refractivity contribution is -0.870. The lowest BCUT2D eigenvalue weighted by Gasteiger charge is -2.25. The minimum atomic E-state index is -4.35. The van der Waals surface area contributed by atoms with Crippen LogP contribution in [-0.2, 0) is 18.4 Å². The van der Waals surface area contributed by atoms with Crippen molar-refractivity contribution in [2.45, 2.75) is 212 Å². The molecule has 0 aliphatic rings. The van der Waals surface area contributed by atoms with E-state index in [-0.39, 0.29) is 19.1 Å². The summed E-state index contributed by atoms with van der Waals surface area (Å²) in [5.41, 5.74) is 0. The van der Waals surface area contributed by atoms with E-state index in [1.807, 2.05) is 27.2 Å². The van der Waals surface area contributed by atoms with Crippen LogP contribution in [0.25, 0.3) is 0 Å². The zero-order chi connectivity index (χ0) is 43.6. The van der Waals surface area contributed by atoms with Crippen molar-refractivity contribution in [3.8, 4) is 0 Å². The Labute approximate surface area is 364 Å². The van der Waals surface area contributed by atoms with Gasteiger partial charge in [-0.2, -0.15) is 0 Å². The number of allylic oxidation sites excluding steroid dienone is 9. The molecule has 3 N–H and O–H groups in total. The minimum absolute atomic E-state index is 0.0508. The molecule has 0 fully saturated rings. The zero-order valence-electron chi connectivity index (χ0n) is 39.0. The molecule has 3 atom stereocenters. The van der Waals surface area contributed by atoms with Gasteiger partial charge in [0.05, 0.1) is 39.9 Å². The highest BCUT2D eigenvalue weighted by molar-refractivity contribution is 7.47. The van der Waals surface area contributed by atoms with Crippen molar-refractivity contribution in [3.05, 3.63) is 60.8 Å². The van der Waals surface area contributed by atoms with Crippen LogP contribution in [0.4, 0.5) is 0 Å². The summed E-state index contributed by atoms with van der Waals surface area (Å²) in [6.45, 7) is 4.65. The number of nitrogens with zero attached hydrogens (tertiary/aromatic N) is 1. The molecule has 1 amide bonds. The third kappa shape index (κ3) is 44.1. The van der Waals surface area contributed by atoms with Gasteiger partial charge >= 0.3 is 7.82 Å². The average Bonchev–Trinajstić information content (AvgIpc) is 3.19. The van der Waals surface area contributed by atoms with Gasteiger partial charge in [-0.05, 0) is 70.6 Å². The van der Waals surface area contributed by atoms with E-state index in [9.17, 15) is 19.4 Å². The summed E-state index contributed by atoms with van der Waals surface area (Å²) < 4.78 is 23.5. The number of hydrogen-bond donors (Lipinski definition) is 3. The molecule has 0 rings (SSSR count). The van der Waals surface area contributed by atoms with Crippen molar-refractivity contribution >= 4 is 13.7 Å². The topological polar surface area (TPSA) is 105 Å². The predicted molar refractivity (Wildman–Crippen MR) is 254 cm³/mol. The molecule has 0 heterocycles. The Morgan fingerprint density at radius 3 is 1.53 bits per heavy atom. The Bertz CT molecular complexity index is 1140. The smallest absolute Gasteiger partial charge is 0.387 e. The molecule has 8 nitrogen and oxygen atoms in total. The monoisotopic (exact) mass is 850 g/mol. The van der Waals surface area contributed by atoms with Gasteiger partial charge < -0.3 is 19.8 Å². The highest BCUT2D eigenvalue weighted by Crippen LogP contribution is 2.43. The van der Waals surface area contributed by atoms with Crippen LogP contribution >= 0.6 is 7.82 Å². The second-order valence-electron chi connectivity index (χ2n) is 17.4. The SMILES string of the molecule is CC/C=C/CC/C=C/CC/C=C/C(O)C(COP(=O)(O)OCC[N+](C)(C)C)NC(=O)CCCCCCCCCCCCC/C=C\C/C=C\CCCCCCCCCCC. The second kappa shape index (κ2) is 41.5. The number of unbranched alkanes of at least 4 members (excludes halogenated alkanes) is 22. The summed E-state index contributed by atoms with van der Waals surface area (Å²) >= 11 is 0. The Morgan fingerprint density at radius 2 is 1.03 bits per heavy atom. The van der Waals surface area contributed by atoms with Gasteiger partial charge in [-0.25, -0.2) is 4.57 Å². The number of likely N-dealkylation sites (N-methyl/N-ethyl adjacent to an activating group) is 1. The fraction of sp³-hybridized carbons (Fsp3) is 0.780. The van der Waals surface area contributed by atoms with Crippen LogP contribution < -0.4 is 5.32 Å². The Hall–Kier alpha value is -1.80. The number of carbonyl (C=O) groups excluding carboxylic acids is 1. The summed E-state index contributed by atoms with van der Waals surface area (Å²) in [4.78, 5) is 23.1. The molecule has 0 bridgehead atoms. The fourth-order valence-electron chi connectivity index (χ4n) is 6.64. The predicted octanol–water partition coefficient (Wildman–Crippen LogP) is 13.8. The van der Waals surface area contributed by atoms with Crippen molar-refractivity contribution in [3.63, 3.8) is 0 Å². The van der Waals surface area contributed by atoms with E-state index in [0.717, 1.165) is 57.8 Å². The van der Waals surface area contributed by atoms with Gasteiger partial charge in [-0.15, -0.1) is 0 Å². The Balaban J connectivity index is 4.17. The molecule has 0 aliphatic heterocycles. The number of amides is 1. The number of nitrogens with one attached hydrogen (secondary N) is 1. The third-order valence-electron chi connectivity index (χ3n) is 10.4. The second-order valence-corrected chi connectivity index (χ2v) is 18.9. The molecule has 59 heavy (non-hydrogen) atoms. The van der Waals surface area contributed by atoms with Crippen LogP contribution in [0.1, 0.15) is 200 Å². The Kier molecular flexibility index (Phi) is 40.3. The highest BCUT2D eigenvalue weighted by atomic mass is 31.2. The first-order valence-corrected chi connectivity index (χ1v) is 25.7. The highest BCUT2D eigenvalue weighted by Gasteiger charge is 2.27. The van der Waals surface area contributed by atoms with E-state index >= 15 is 0 Å². The Morgan fingerprint density at radius 1 is 0.593 bits per heavy atom. The van der Waals surface area contributed by atoms with Gasteiger partial charge in [-0.1, -0.05) is 184 Å². The minimum Gasteiger partial charge on any atom is -0.387 e. The number of aliphatic hydroxyl groups excluding tert-OH is 1. The first kappa shape index (κ1) is 57.2. The molecule has 0 saturated heterocycles. The van der Waals surface area contributed by atoms with Gasteiger partial charge in [0.1, 0.15) is 13.2 Å². The lowest BCUT2D eigenvalue weighted by atomic mass is 10.0. The van der Waals surface area contributed by atoms with Crippen molar-refractivity contribution in [2.24, 2.45) is 0 Å². The average molecular weight is 850 g/mol. The van der Waals surface area contributed by atoms with Gasteiger partial charge in [0.15, 0.2) is 0 Å². The molecule has 0 aliphatic carbocycles. The van der Waals surface area contributed by atoms with Crippen LogP contribution in [-0.4, -0.2) is 73.4 Å². The maximum absolute atomic E-state index is 12.9. The summed E-state index contributed by atoms with van der Waals surface area (Å²) in [6, 6.07) is -0.870. The summed E-state index contributed by atoms with van der Waals surface area (Å²) in [6.07, 6.45) is 54.7. The van der Waals surface area contributed by atoms with E-state index in [1.54, 1.807) is 6.08 Å². The quantitative estimate of drug-likeness (QED) is 0.0244. The number of phosphoric ester groups is 1. The van der Waals surface area contributed by atoms with E-state index in [1.165, 1.54) is 122 Å². The van der Waals surface area contributed by atoms with Crippen LogP contribution in [0.15, 0.2) is 60.8 Å². The van der Waals surface area contributed by atoms with Gasteiger partial charge in [0, 0.05) is 6.42 Å². The number of quaternary nitrogens is 1. The normalized spacial score (nSPS) is 14.8. The zero-order valence-corrected chi connectivity index (χ0v) is 39.9. The first-order chi connectivity index (χ1) is 28.5. The maximum atomic E-state index is 12.9. The summed E-state index contributed by atoms with van der Waals surface area (Å²) in [5, 5.41) is 13.8. The van der Waals surface area contributed by atoms with Crippen molar-refractivity contribution < 1.29 is 32.9 Å². The van der Waals surface area contributed by atoms with Gasteiger partial charge in [0.25, 0.3) is 0 Å². The van der Waals surface area contributed by atoms with Crippen molar-refractivity contribution in [2.75, 3.05) is 40.9 Å². The van der Waals surface area contributed by atoms with Crippen LogP contribution in [0.2, 0.25) is 0 Å². The van der Waals surface area contributed by atoms with E-state index in [2.05, 4.69) is 67.8 Å². The molecule has 3 unspecified atom stereocenters. The molecular formula is C50H94N2O6P+. The van der Waals surface area contributed by atoms with Crippen LogP contribution in [0.5, 0.6) is 0 Å². The molecule has 0 radical (unpaired) electrons. The first-order valence-electron chi connectivity index (χ1n) is 24.2. The number of phosphoric acid groups is 1. The molecule has 0 saturated carbocycles. The van der Waals surface area contributed by atoms with Crippen molar-refractivity contribution in [1.29, 1.82) is 0 Å². The molecule has 0 aromatic rings. The van der Waals surface area contributed by atoms with E-state index in [0.29, 0.717) is 17.4 Å². The van der Waals surface area contributed by atoms with Gasteiger partial charge in [0.2, 0.25) is 5.91 Å². The van der Waals surface area contributed by atoms with Crippen molar-refractivity contribution in [1.82, 2.24) is 5.32 Å². The molecule has 0 aromatic heterocycles. The summed E-state index contributed by atoms with van der Waals surface area (Å²) in [7, 11) is 1.54. The fourth-order valence-corrected chi connectivity index (χ4v) is 7.38. The molecule has 0 aromatic carbocycles. The molecular weight excluding hydrogens is 756 g/mol. The number of carbonyl (C=O) groups is 1. The largest absolute Gasteiger partial charge is 0.472 e. The van der Waals surface area contributed by atoms with Crippen LogP contribution in [0.3, 0.4) is 0 Å². The lowest BCUT2D eigenvalue weighted by Crippen LogP contribution is -2.45. The number of hydrogen-bond acceptors (Lipinski definition) is 5. The van der Waals surface area contributed by atoms with Crippen LogP contribution in [0, 0.1) is 0 Å². The molecule has 9 heteroatoms. The maximum Gasteiger partial charge on any atom is 0.472 e. The number of aliphatic hydroxyl groups is 1. The number of rotatable bonds is 43. The van der Waals surface area contributed by atoms with Gasteiger partial charge in [-0.3, -0.25) is 13.8 Å². The van der Waals surface area contributed by atoms with E-state index in [4.69, 9.17) is 9.05 Å². The third-order valence-corrected chi connectivity index (χ3v) is 11.4. The standard InChI is InChI=1S/C50H93N2O6P/c1-6-8-10-12-14-16-18-19-20-21-22-23-24-25-26-27-28-29-30-31-32-33-34-36-38-40-42-44-50(54)51-48(47-58-59(55,56)57-46-45-52(3,4)5)49(53)43-41-39-37-35-17-15-13-11-9-7-2/h9,11,17,22-23,25-26,35,41,43,48-49,53H,6-8,10,12-16,18-21,24,27-34,36-40,42,44-47H2,1-5H3,(H-,51,54,55,56)/p+1/b11-9+,23-22-,26-25-,35-17+,43-41+. The molecule has 344 valence electrons. The molecule has 0 spiro atoms. The summed E-state index contributed by atoms with van der Waals surface area (Å²) in [5.74, 6) is -0.197. The van der Waals surface area contributed by atoms with E-state index < -0.39 is 20.0 Å².